The quantitative estimate of drug-likeness (QED) is 0.0476. The normalized spacial score (nSPS) is 11.2. The maximum atomic E-state index is 2.36. The van der Waals surface area contributed by atoms with Crippen LogP contribution in [-0.4, -0.2) is 0 Å². The third kappa shape index (κ3) is 19.5. The number of aryl methyl sites for hydroxylation is 2. The molecular formula is C142H108N4. The highest BCUT2D eigenvalue weighted by atomic mass is 15.2. The van der Waals surface area contributed by atoms with Crippen molar-refractivity contribution in [2.75, 3.05) is 19.6 Å². The summed E-state index contributed by atoms with van der Waals surface area (Å²) in [4.78, 5) is 9.39. The second-order valence-electron chi connectivity index (χ2n) is 37.2. The van der Waals surface area contributed by atoms with Crippen molar-refractivity contribution in [2.45, 2.75) is 24.7 Å². The molecule has 146 heavy (non-hydrogen) atoms. The molecule has 0 aliphatic carbocycles. The van der Waals surface area contributed by atoms with Gasteiger partial charge in [0, 0.05) is 68.2 Å². The summed E-state index contributed by atoms with van der Waals surface area (Å²) in [7, 11) is 0. The van der Waals surface area contributed by atoms with Gasteiger partial charge in [-0.05, 0) is 282 Å². The van der Waals surface area contributed by atoms with Gasteiger partial charge in [-0.2, -0.15) is 0 Å². The Morgan fingerprint density at radius 2 is 0.192 bits per heavy atom. The molecule has 4 heteroatoms. The van der Waals surface area contributed by atoms with E-state index in [1.807, 2.05) is 0 Å². The zero-order chi connectivity index (χ0) is 98.2. The van der Waals surface area contributed by atoms with Crippen molar-refractivity contribution in [1.29, 1.82) is 0 Å². The number of rotatable bonds is 27. The van der Waals surface area contributed by atoms with Gasteiger partial charge in [-0.3, -0.25) is 0 Å². The van der Waals surface area contributed by atoms with E-state index in [4.69, 9.17) is 0 Å². The zero-order valence-electron chi connectivity index (χ0n) is 81.7. The molecule has 0 saturated carbocycles. The fraction of sp³-hybridized carbons (Fsp3) is 0.0282. The van der Waals surface area contributed by atoms with Crippen LogP contribution in [0.15, 0.2) is 619 Å². The molecule has 23 aromatic rings. The Bertz CT molecular complexity index is 7300. The van der Waals surface area contributed by atoms with Gasteiger partial charge in [0.2, 0.25) is 0 Å². The molecule has 0 bridgehead atoms. The smallest absolute Gasteiger partial charge is 0.0701 e. The van der Waals surface area contributed by atoms with E-state index in [0.717, 1.165) is 79.4 Å². The van der Waals surface area contributed by atoms with E-state index in [-0.39, 0.29) is 0 Å². The predicted octanol–water partition coefficient (Wildman–Crippen LogP) is 38.3. The van der Waals surface area contributed by atoms with Gasteiger partial charge >= 0.3 is 0 Å². The maximum Gasteiger partial charge on any atom is 0.0701 e. The molecule has 0 N–H and O–H groups in total. The summed E-state index contributed by atoms with van der Waals surface area (Å²) in [5, 5.41) is 0. The van der Waals surface area contributed by atoms with Crippen LogP contribution in [0.25, 0.3) is 77.9 Å². The number of hydrogen-bond acceptors (Lipinski definition) is 4. The Kier molecular flexibility index (Phi) is 27.0. The molecule has 0 fully saturated rings. The number of hydrogen-bond donors (Lipinski definition) is 0. The lowest BCUT2D eigenvalue weighted by atomic mass is 9.65. The Labute approximate surface area is 858 Å². The lowest BCUT2D eigenvalue weighted by molar-refractivity contribution is 0.745. The summed E-state index contributed by atoms with van der Waals surface area (Å²) in [5.74, 6) is 0. The summed E-state index contributed by atoms with van der Waals surface area (Å²) in [5.41, 5.74) is 40.8. The standard InChI is InChI=1S/C76H60N2.C66H48N2/c1-57-33-45-69(46-34-57)77(73-53-41-67(42-54-73)75(61-21-9-3-10-22-61,62-23-11-4-12-24-62)63-25-13-5-14-26-63)71-49-37-59(38-50-71)60-39-51-72(52-40-60)78(70-47-35-58(2)36-48-70)74-55-43-68(44-56-74)76(64-27-15-6-16-28-64,65-29-17-7-18-30-65)66-31-19-8-20-32-66;1-5-13-49(14-6-1)55-25-37-61(38-26-55)67(62-39-27-56(28-40-62)50-15-7-2-8-16-50)65-45-33-59(34-46-65)53-21-23-54(24-22-53)60-35-47-66(48-36-60)68(63-41-29-57(30-42-63)51-17-9-3-10-18-51)64-43-31-58(32-44-64)52-19-11-4-12-20-52/h3-56H,1-2H3;1-48H. The minimum atomic E-state index is -0.531. The number of benzene rings is 23. The van der Waals surface area contributed by atoms with Crippen LogP contribution in [0.4, 0.5) is 68.2 Å². The predicted molar refractivity (Wildman–Crippen MR) is 616 cm³/mol. The molecule has 0 radical (unpaired) electrons. The van der Waals surface area contributed by atoms with Gasteiger partial charge in [0.15, 0.2) is 0 Å². The Morgan fingerprint density at radius 3 is 0.329 bits per heavy atom. The minimum absolute atomic E-state index is 0.531. The van der Waals surface area contributed by atoms with Gasteiger partial charge in [-0.1, -0.05) is 484 Å². The highest BCUT2D eigenvalue weighted by Gasteiger charge is 2.40. The van der Waals surface area contributed by atoms with E-state index < -0.39 is 10.8 Å². The topological polar surface area (TPSA) is 13.0 Å². The van der Waals surface area contributed by atoms with Crippen molar-refractivity contribution in [2.24, 2.45) is 0 Å². The van der Waals surface area contributed by atoms with Gasteiger partial charge in [0.05, 0.1) is 10.8 Å². The van der Waals surface area contributed by atoms with Gasteiger partial charge in [-0.15, -0.1) is 0 Å². The second-order valence-corrected chi connectivity index (χ2v) is 37.2. The number of nitrogens with zero attached hydrogens (tertiary/aromatic N) is 4. The number of anilines is 12. The van der Waals surface area contributed by atoms with Crippen molar-refractivity contribution in [3.63, 3.8) is 0 Å². The molecule has 0 aliphatic heterocycles. The molecule has 0 aliphatic rings. The first kappa shape index (κ1) is 92.3. The summed E-state index contributed by atoms with van der Waals surface area (Å²) >= 11 is 0. The average molecular weight is 1870 g/mol. The van der Waals surface area contributed by atoms with Crippen LogP contribution >= 0.6 is 0 Å². The Hall–Kier alpha value is -18.7. The first-order chi connectivity index (χ1) is 72.2. The van der Waals surface area contributed by atoms with Crippen LogP contribution in [0.2, 0.25) is 0 Å². The zero-order valence-corrected chi connectivity index (χ0v) is 81.7. The van der Waals surface area contributed by atoms with Gasteiger partial charge in [0.25, 0.3) is 0 Å². The van der Waals surface area contributed by atoms with Gasteiger partial charge < -0.3 is 19.6 Å². The second kappa shape index (κ2) is 42.8. The first-order valence-corrected chi connectivity index (χ1v) is 50.2. The fourth-order valence-electron chi connectivity index (χ4n) is 20.8. The molecule has 23 rings (SSSR count). The molecule has 0 atom stereocenters. The monoisotopic (exact) mass is 1870 g/mol. The van der Waals surface area contributed by atoms with Crippen LogP contribution in [-0.2, 0) is 10.8 Å². The molecule has 4 nitrogen and oxygen atoms in total. The summed E-state index contributed by atoms with van der Waals surface area (Å²) in [6.45, 7) is 4.29. The van der Waals surface area contributed by atoms with E-state index in [1.54, 1.807) is 0 Å². The van der Waals surface area contributed by atoms with Crippen LogP contribution in [0.3, 0.4) is 0 Å². The summed E-state index contributed by atoms with van der Waals surface area (Å²) < 4.78 is 0. The fourth-order valence-corrected chi connectivity index (χ4v) is 20.8. The lowest BCUT2D eigenvalue weighted by Crippen LogP contribution is -2.31. The van der Waals surface area contributed by atoms with Gasteiger partial charge in [-0.25, -0.2) is 0 Å². The third-order valence-electron chi connectivity index (χ3n) is 28.3. The third-order valence-corrected chi connectivity index (χ3v) is 28.3. The minimum Gasteiger partial charge on any atom is -0.311 e. The molecule has 0 spiro atoms. The Morgan fingerprint density at radius 1 is 0.0959 bits per heavy atom. The average Bonchev–Trinajstić information content (AvgIpc) is 0.733. The van der Waals surface area contributed by atoms with E-state index in [9.17, 15) is 0 Å². The van der Waals surface area contributed by atoms with Crippen LogP contribution < -0.4 is 19.6 Å². The van der Waals surface area contributed by atoms with E-state index >= 15 is 0 Å². The van der Waals surface area contributed by atoms with Crippen molar-refractivity contribution in [1.82, 2.24) is 0 Å². The molecule has 0 saturated heterocycles. The molecule has 0 heterocycles. The lowest BCUT2D eigenvalue weighted by Gasteiger charge is -2.37. The van der Waals surface area contributed by atoms with E-state index in [1.165, 1.54) is 122 Å². The van der Waals surface area contributed by atoms with Gasteiger partial charge in [0.1, 0.15) is 0 Å². The SMILES string of the molecule is Cc1ccc(N(c2ccc(-c3ccc(N(c4ccc(C)cc4)c4ccc(C(c5ccccc5)(c5ccccc5)c5ccccc5)cc4)cc3)cc2)c2ccc(C(c3ccccc3)(c3ccccc3)c3ccccc3)cc2)cc1.c1ccc(-c2ccc(N(c3ccc(-c4ccccc4)cc3)c3ccc(-c4ccc(-c5ccc(N(c6ccc(-c7ccccc7)cc6)c6ccc(-c7ccccc7)cc6)cc5)cc4)cc3)cc2)cc1. The van der Waals surface area contributed by atoms with Crippen LogP contribution in [0, 0.1) is 13.8 Å². The summed E-state index contributed by atoms with van der Waals surface area (Å²) in [6.07, 6.45) is 0. The molecule has 0 unspecified atom stereocenters. The summed E-state index contributed by atoms with van der Waals surface area (Å²) in [6, 6.07) is 224. The first-order valence-electron chi connectivity index (χ1n) is 50.2. The Balaban J connectivity index is 0.000000168. The highest BCUT2D eigenvalue weighted by molar-refractivity contribution is 5.87. The highest BCUT2D eigenvalue weighted by Crippen LogP contribution is 2.51. The van der Waals surface area contributed by atoms with E-state index in [2.05, 4.69) is 652 Å². The van der Waals surface area contributed by atoms with Crippen molar-refractivity contribution >= 4 is 68.2 Å². The molecule has 0 aromatic heterocycles. The van der Waals surface area contributed by atoms with Crippen molar-refractivity contribution in [3.8, 4) is 77.9 Å². The van der Waals surface area contributed by atoms with Crippen molar-refractivity contribution < 1.29 is 0 Å². The molecule has 696 valence electrons. The largest absolute Gasteiger partial charge is 0.311 e. The molecule has 23 aromatic carbocycles. The molecular weight excluding hydrogens is 1760 g/mol. The van der Waals surface area contributed by atoms with Crippen LogP contribution in [0.1, 0.15) is 55.6 Å². The van der Waals surface area contributed by atoms with E-state index in [0.29, 0.717) is 0 Å². The molecule has 0 amide bonds. The van der Waals surface area contributed by atoms with Crippen molar-refractivity contribution in [3.05, 3.63) is 674 Å². The maximum absolute atomic E-state index is 2.36. The van der Waals surface area contributed by atoms with Crippen LogP contribution in [0.5, 0.6) is 0 Å².